The maximum absolute atomic E-state index is 12.7. The summed E-state index contributed by atoms with van der Waals surface area (Å²) in [6.45, 7) is 3.60. The smallest absolute Gasteiger partial charge is 0.326 e. The second-order valence-corrected chi connectivity index (χ2v) is 7.22. The Balaban J connectivity index is 2.19. The fraction of sp³-hybridized carbons (Fsp3) is 0.917. The topological polar surface area (TPSA) is 76.1 Å². The molecule has 0 N–H and O–H groups in total. The predicted molar refractivity (Wildman–Crippen MR) is 72.2 cm³/mol. The minimum absolute atomic E-state index is 0.0509. The van der Waals surface area contributed by atoms with Gasteiger partial charge in [-0.25, -0.2) is 0 Å². The molecule has 0 aromatic heterocycles. The number of rotatable bonds is 3. The highest BCUT2D eigenvalue weighted by atomic mass is 32.2. The zero-order valence-electron chi connectivity index (χ0n) is 11.9. The maximum Gasteiger partial charge on any atom is 0.326 e. The number of esters is 1. The van der Waals surface area contributed by atoms with E-state index in [9.17, 15) is 13.2 Å². The second kappa shape index (κ2) is 6.38. The van der Waals surface area contributed by atoms with Crippen LogP contribution in [0.2, 0.25) is 0 Å². The van der Waals surface area contributed by atoms with Crippen LogP contribution in [0.4, 0.5) is 0 Å². The molecule has 0 aromatic rings. The standard InChI is InChI=1S/C12H22N2O5S/c1-10-4-3-5-13(8-10)20(16,17)14-6-7-19-9-11(14)12(15)18-2/h10-11H,3-9H2,1-2H3. The van der Waals surface area contributed by atoms with Gasteiger partial charge in [0.1, 0.15) is 6.04 Å². The molecular weight excluding hydrogens is 284 g/mol. The van der Waals surface area contributed by atoms with E-state index >= 15 is 0 Å². The van der Waals surface area contributed by atoms with Crippen LogP contribution >= 0.6 is 0 Å². The van der Waals surface area contributed by atoms with Crippen molar-refractivity contribution in [3.05, 3.63) is 0 Å². The van der Waals surface area contributed by atoms with Crippen LogP contribution in [0.5, 0.6) is 0 Å². The van der Waals surface area contributed by atoms with Crippen molar-refractivity contribution in [1.82, 2.24) is 8.61 Å². The van der Waals surface area contributed by atoms with Crippen LogP contribution in [-0.4, -0.2) is 69.0 Å². The van der Waals surface area contributed by atoms with Crippen molar-refractivity contribution in [2.24, 2.45) is 5.92 Å². The van der Waals surface area contributed by atoms with Gasteiger partial charge in [-0.1, -0.05) is 6.92 Å². The summed E-state index contributed by atoms with van der Waals surface area (Å²) in [6.07, 6.45) is 1.89. The summed E-state index contributed by atoms with van der Waals surface area (Å²) in [7, 11) is -2.38. The molecule has 2 fully saturated rings. The third-order valence-corrected chi connectivity index (χ3v) is 5.81. The minimum atomic E-state index is -3.64. The van der Waals surface area contributed by atoms with Crippen molar-refractivity contribution in [3.63, 3.8) is 0 Å². The summed E-state index contributed by atoms with van der Waals surface area (Å²) in [5.41, 5.74) is 0. The number of morpholine rings is 1. The highest BCUT2D eigenvalue weighted by Gasteiger charge is 2.42. The van der Waals surface area contributed by atoms with Gasteiger partial charge < -0.3 is 9.47 Å². The van der Waals surface area contributed by atoms with Gasteiger partial charge in [-0.3, -0.25) is 4.79 Å². The highest BCUT2D eigenvalue weighted by Crippen LogP contribution is 2.23. The average Bonchev–Trinajstić information content (AvgIpc) is 2.46. The first-order chi connectivity index (χ1) is 9.46. The molecule has 116 valence electrons. The van der Waals surface area contributed by atoms with E-state index in [1.54, 1.807) is 0 Å². The lowest BCUT2D eigenvalue weighted by atomic mass is 10.0. The number of carbonyl (C=O) groups is 1. The van der Waals surface area contributed by atoms with E-state index in [0.29, 0.717) is 25.6 Å². The van der Waals surface area contributed by atoms with Crippen LogP contribution < -0.4 is 0 Å². The Hall–Kier alpha value is -0.700. The molecule has 0 aromatic carbocycles. The molecule has 2 rings (SSSR count). The molecule has 0 aliphatic carbocycles. The number of hydrogen-bond acceptors (Lipinski definition) is 5. The van der Waals surface area contributed by atoms with Gasteiger partial charge >= 0.3 is 5.97 Å². The first kappa shape index (κ1) is 15.7. The number of ether oxygens (including phenoxy) is 2. The Morgan fingerprint density at radius 1 is 1.35 bits per heavy atom. The Labute approximate surface area is 120 Å². The maximum atomic E-state index is 12.7. The van der Waals surface area contributed by atoms with E-state index in [1.807, 2.05) is 6.92 Å². The quantitative estimate of drug-likeness (QED) is 0.677. The number of piperidine rings is 1. The first-order valence-corrected chi connectivity index (χ1v) is 8.29. The van der Waals surface area contributed by atoms with Crippen molar-refractivity contribution >= 4 is 16.2 Å². The molecular formula is C12H22N2O5S. The van der Waals surface area contributed by atoms with Crippen molar-refractivity contribution in [2.75, 3.05) is 40.0 Å². The van der Waals surface area contributed by atoms with Crippen LogP contribution in [0.1, 0.15) is 19.8 Å². The first-order valence-electron chi connectivity index (χ1n) is 6.89. The fourth-order valence-electron chi connectivity index (χ4n) is 2.69. The minimum Gasteiger partial charge on any atom is -0.468 e. The third kappa shape index (κ3) is 3.13. The normalized spacial score (nSPS) is 30.1. The zero-order valence-corrected chi connectivity index (χ0v) is 12.8. The summed E-state index contributed by atoms with van der Waals surface area (Å²) in [4.78, 5) is 11.7. The summed E-state index contributed by atoms with van der Waals surface area (Å²) in [5.74, 6) is -0.227. The van der Waals surface area contributed by atoms with Crippen LogP contribution in [0.3, 0.4) is 0 Å². The van der Waals surface area contributed by atoms with E-state index in [2.05, 4.69) is 4.74 Å². The third-order valence-electron chi connectivity index (χ3n) is 3.80. The molecule has 2 unspecified atom stereocenters. The van der Waals surface area contributed by atoms with E-state index in [0.717, 1.165) is 12.8 Å². The molecule has 2 aliphatic rings. The predicted octanol–water partition coefficient (Wildman–Crippen LogP) is -0.163. The van der Waals surface area contributed by atoms with Crippen molar-refractivity contribution in [2.45, 2.75) is 25.8 Å². The Morgan fingerprint density at radius 3 is 2.75 bits per heavy atom. The second-order valence-electron chi connectivity index (χ2n) is 5.34. The summed E-state index contributed by atoms with van der Waals surface area (Å²) in [6, 6.07) is -0.879. The molecule has 0 bridgehead atoms. The molecule has 0 spiro atoms. The molecule has 7 nitrogen and oxygen atoms in total. The monoisotopic (exact) mass is 306 g/mol. The lowest BCUT2D eigenvalue weighted by molar-refractivity contribution is -0.149. The van der Waals surface area contributed by atoms with Crippen LogP contribution in [0.15, 0.2) is 0 Å². The van der Waals surface area contributed by atoms with E-state index in [-0.39, 0.29) is 13.2 Å². The van der Waals surface area contributed by atoms with Gasteiger partial charge in [0, 0.05) is 19.6 Å². The van der Waals surface area contributed by atoms with Gasteiger partial charge in [-0.05, 0) is 18.8 Å². The average molecular weight is 306 g/mol. The molecule has 0 amide bonds. The molecule has 2 heterocycles. The van der Waals surface area contributed by atoms with Crippen LogP contribution in [-0.2, 0) is 24.5 Å². The SMILES string of the molecule is COC(=O)C1COCCN1S(=O)(=O)N1CCCC(C)C1. The summed E-state index contributed by atoms with van der Waals surface area (Å²) in [5, 5.41) is 0. The van der Waals surface area contributed by atoms with E-state index in [1.165, 1.54) is 15.7 Å². The number of nitrogens with zero attached hydrogens (tertiary/aromatic N) is 2. The van der Waals surface area contributed by atoms with Gasteiger partial charge in [0.25, 0.3) is 10.2 Å². The zero-order chi connectivity index (χ0) is 14.8. The molecule has 0 saturated carbocycles. The fourth-order valence-corrected chi connectivity index (χ4v) is 4.56. The molecule has 20 heavy (non-hydrogen) atoms. The molecule has 2 saturated heterocycles. The Morgan fingerprint density at radius 2 is 2.10 bits per heavy atom. The summed E-state index contributed by atoms with van der Waals surface area (Å²) >= 11 is 0. The molecule has 2 aliphatic heterocycles. The van der Waals surface area contributed by atoms with Gasteiger partial charge in [0.2, 0.25) is 0 Å². The van der Waals surface area contributed by atoms with Crippen molar-refractivity contribution in [1.29, 1.82) is 0 Å². The van der Waals surface area contributed by atoms with E-state index in [4.69, 9.17) is 4.74 Å². The Kier molecular flexibility index (Phi) is 5.00. The van der Waals surface area contributed by atoms with Crippen LogP contribution in [0, 0.1) is 5.92 Å². The largest absolute Gasteiger partial charge is 0.468 e. The molecule has 2 atom stereocenters. The number of methoxy groups -OCH3 is 1. The lowest BCUT2D eigenvalue weighted by Gasteiger charge is -2.38. The van der Waals surface area contributed by atoms with Crippen molar-refractivity contribution < 1.29 is 22.7 Å². The van der Waals surface area contributed by atoms with Crippen molar-refractivity contribution in [3.8, 4) is 0 Å². The number of hydrogen-bond donors (Lipinski definition) is 0. The van der Waals surface area contributed by atoms with Gasteiger partial charge in [0.15, 0.2) is 0 Å². The molecule has 8 heteroatoms. The highest BCUT2D eigenvalue weighted by molar-refractivity contribution is 7.86. The van der Waals surface area contributed by atoms with Crippen LogP contribution in [0.25, 0.3) is 0 Å². The summed E-state index contributed by atoms with van der Waals surface area (Å²) < 4.78 is 38.0. The Bertz CT molecular complexity index is 453. The van der Waals surface area contributed by atoms with Gasteiger partial charge in [-0.2, -0.15) is 17.0 Å². The molecule has 0 radical (unpaired) electrons. The van der Waals surface area contributed by atoms with Gasteiger partial charge in [0.05, 0.1) is 20.3 Å². The van der Waals surface area contributed by atoms with E-state index < -0.39 is 22.2 Å². The lowest BCUT2D eigenvalue weighted by Crippen LogP contribution is -2.58. The van der Waals surface area contributed by atoms with Gasteiger partial charge in [-0.15, -0.1) is 0 Å². The number of carbonyl (C=O) groups excluding carboxylic acids is 1.